The Balaban J connectivity index is 1.68. The van der Waals surface area contributed by atoms with Gasteiger partial charge in [-0.1, -0.05) is 0 Å². The number of nitrogens with two attached hydrogens (primary N) is 1. The Hall–Kier alpha value is -1.59. The van der Waals surface area contributed by atoms with Crippen LogP contribution < -0.4 is 5.73 Å². The van der Waals surface area contributed by atoms with Gasteiger partial charge in [-0.3, -0.25) is 14.4 Å². The predicted molar refractivity (Wildman–Crippen MR) is 73.9 cm³/mol. The van der Waals surface area contributed by atoms with Crippen LogP contribution in [0.25, 0.3) is 0 Å². The first-order valence-electron chi connectivity index (χ1n) is 7.80. The molecule has 1 aliphatic heterocycles. The summed E-state index contributed by atoms with van der Waals surface area (Å²) in [6.45, 7) is 1.04. The van der Waals surface area contributed by atoms with Gasteiger partial charge in [0.25, 0.3) is 0 Å². The summed E-state index contributed by atoms with van der Waals surface area (Å²) in [5.74, 6) is -1.75. The number of carboxylic acid groups (broad SMARTS) is 1. The first kappa shape index (κ1) is 14.4. The molecule has 3 fully saturated rings. The minimum atomic E-state index is -0.826. The van der Waals surface area contributed by atoms with Gasteiger partial charge in [0.15, 0.2) is 0 Å². The second-order valence-electron chi connectivity index (χ2n) is 6.72. The Labute approximate surface area is 123 Å². The molecular weight excluding hydrogens is 272 g/mol. The Morgan fingerprint density at radius 3 is 2.05 bits per heavy atom. The van der Waals surface area contributed by atoms with Gasteiger partial charge in [-0.25, -0.2) is 0 Å². The summed E-state index contributed by atoms with van der Waals surface area (Å²) in [5, 5.41) is 9.44. The molecule has 0 spiro atoms. The van der Waals surface area contributed by atoms with E-state index in [0.29, 0.717) is 25.9 Å². The van der Waals surface area contributed by atoms with E-state index >= 15 is 0 Å². The zero-order valence-corrected chi connectivity index (χ0v) is 12.0. The number of hydrogen-bond acceptors (Lipinski definition) is 3. The Bertz CT molecular complexity index is 470. The fourth-order valence-electron chi connectivity index (χ4n) is 4.60. The van der Waals surface area contributed by atoms with Crippen LogP contribution >= 0.6 is 0 Å². The number of carboxylic acids is 1. The van der Waals surface area contributed by atoms with Crippen LogP contribution in [-0.4, -0.2) is 40.9 Å². The van der Waals surface area contributed by atoms with Crippen LogP contribution in [0.3, 0.4) is 0 Å². The van der Waals surface area contributed by atoms with Crippen molar-refractivity contribution >= 4 is 17.8 Å². The average Bonchev–Trinajstić information content (AvgIpc) is 3.07. The molecule has 0 aromatic rings. The number of carbonyl (C=O) groups excluding carboxylic acids is 2. The monoisotopic (exact) mass is 294 g/mol. The molecule has 0 aromatic carbocycles. The van der Waals surface area contributed by atoms with Gasteiger partial charge in [0.05, 0.1) is 11.8 Å². The Kier molecular flexibility index (Phi) is 3.63. The summed E-state index contributed by atoms with van der Waals surface area (Å²) in [7, 11) is 0. The third-order valence-corrected chi connectivity index (χ3v) is 5.70. The van der Waals surface area contributed by atoms with Crippen molar-refractivity contribution in [2.45, 2.75) is 32.1 Å². The lowest BCUT2D eigenvalue weighted by Gasteiger charge is -2.36. The molecule has 3 rings (SSSR count). The number of primary amides is 1. The third kappa shape index (κ3) is 2.40. The van der Waals surface area contributed by atoms with Crippen molar-refractivity contribution in [1.82, 2.24) is 4.90 Å². The van der Waals surface area contributed by atoms with E-state index in [-0.39, 0.29) is 35.5 Å². The number of rotatable bonds is 3. The van der Waals surface area contributed by atoms with Crippen LogP contribution in [0, 0.1) is 29.6 Å². The summed E-state index contributed by atoms with van der Waals surface area (Å²) in [6.07, 6.45) is 3.99. The quantitative estimate of drug-likeness (QED) is 0.789. The molecule has 6 heteroatoms. The molecule has 116 valence electrons. The summed E-state index contributed by atoms with van der Waals surface area (Å²) < 4.78 is 0. The Morgan fingerprint density at radius 2 is 1.52 bits per heavy atom. The molecule has 4 atom stereocenters. The van der Waals surface area contributed by atoms with Crippen molar-refractivity contribution in [3.05, 3.63) is 0 Å². The first-order chi connectivity index (χ1) is 9.99. The van der Waals surface area contributed by atoms with Crippen molar-refractivity contribution < 1.29 is 19.5 Å². The van der Waals surface area contributed by atoms with Crippen molar-refractivity contribution in [2.75, 3.05) is 13.1 Å². The van der Waals surface area contributed by atoms with Crippen LogP contribution in [0.2, 0.25) is 0 Å². The minimum absolute atomic E-state index is 0.0162. The van der Waals surface area contributed by atoms with E-state index in [1.54, 1.807) is 4.90 Å². The maximum Gasteiger partial charge on any atom is 0.307 e. The largest absolute Gasteiger partial charge is 0.481 e. The highest BCUT2D eigenvalue weighted by molar-refractivity contribution is 5.86. The lowest BCUT2D eigenvalue weighted by atomic mass is 9.78. The van der Waals surface area contributed by atoms with E-state index in [9.17, 15) is 19.5 Å². The number of aliphatic carboxylic acids is 1. The molecule has 6 nitrogen and oxygen atoms in total. The zero-order valence-electron chi connectivity index (χ0n) is 12.0. The maximum atomic E-state index is 12.7. The molecule has 1 saturated heterocycles. The SMILES string of the molecule is NC(=O)C1CCN(C(=O)[C@@H]2[C@H]3CC[C@@H](C3)[C@@H]2C(=O)O)CC1. The van der Waals surface area contributed by atoms with Crippen LogP contribution in [0.5, 0.6) is 0 Å². The molecule has 21 heavy (non-hydrogen) atoms. The average molecular weight is 294 g/mol. The highest BCUT2D eigenvalue weighted by Crippen LogP contribution is 2.53. The summed E-state index contributed by atoms with van der Waals surface area (Å²) >= 11 is 0. The number of carbonyl (C=O) groups is 3. The van der Waals surface area contributed by atoms with E-state index in [2.05, 4.69) is 0 Å². The summed E-state index contributed by atoms with van der Waals surface area (Å²) in [6, 6.07) is 0. The van der Waals surface area contributed by atoms with Gasteiger partial charge < -0.3 is 15.7 Å². The lowest BCUT2D eigenvalue weighted by Crippen LogP contribution is -2.48. The molecule has 0 radical (unpaired) electrons. The summed E-state index contributed by atoms with van der Waals surface area (Å²) in [4.78, 5) is 37.2. The van der Waals surface area contributed by atoms with Crippen LogP contribution in [-0.2, 0) is 14.4 Å². The minimum Gasteiger partial charge on any atom is -0.481 e. The van der Waals surface area contributed by atoms with Crippen molar-refractivity contribution in [1.29, 1.82) is 0 Å². The maximum absolute atomic E-state index is 12.7. The standard InChI is InChI=1S/C15H22N2O4/c16-13(18)8-3-5-17(6-4-8)14(19)11-9-1-2-10(7-9)12(11)15(20)21/h8-12H,1-7H2,(H2,16,18)(H,20,21)/t9-,10-,11+,12-/m0/s1. The van der Waals surface area contributed by atoms with Crippen molar-refractivity contribution in [2.24, 2.45) is 35.3 Å². The molecule has 3 aliphatic rings. The zero-order chi connectivity index (χ0) is 15.1. The normalized spacial score (nSPS) is 35.9. The third-order valence-electron chi connectivity index (χ3n) is 5.70. The molecule has 1 heterocycles. The molecule has 2 bridgehead atoms. The van der Waals surface area contributed by atoms with Crippen LogP contribution in [0.15, 0.2) is 0 Å². The highest BCUT2D eigenvalue weighted by atomic mass is 16.4. The number of amides is 2. The van der Waals surface area contributed by atoms with E-state index in [1.807, 2.05) is 0 Å². The molecule has 2 saturated carbocycles. The van der Waals surface area contributed by atoms with Crippen molar-refractivity contribution in [3.8, 4) is 0 Å². The van der Waals surface area contributed by atoms with Gasteiger partial charge in [-0.15, -0.1) is 0 Å². The Morgan fingerprint density at radius 1 is 0.952 bits per heavy atom. The molecular formula is C15H22N2O4. The number of fused-ring (bicyclic) bond motifs is 2. The second-order valence-corrected chi connectivity index (χ2v) is 6.72. The van der Waals surface area contributed by atoms with E-state index in [0.717, 1.165) is 19.3 Å². The van der Waals surface area contributed by atoms with Crippen LogP contribution in [0.1, 0.15) is 32.1 Å². The fourth-order valence-corrected chi connectivity index (χ4v) is 4.60. The summed E-state index contributed by atoms with van der Waals surface area (Å²) in [5.41, 5.74) is 5.30. The number of hydrogen-bond donors (Lipinski definition) is 2. The number of likely N-dealkylation sites (tertiary alicyclic amines) is 1. The van der Waals surface area contributed by atoms with Gasteiger partial charge in [0.1, 0.15) is 0 Å². The van der Waals surface area contributed by atoms with Gasteiger partial charge in [-0.05, 0) is 43.9 Å². The smallest absolute Gasteiger partial charge is 0.307 e. The fraction of sp³-hybridized carbons (Fsp3) is 0.800. The lowest BCUT2D eigenvalue weighted by molar-refractivity contribution is -0.153. The molecule has 2 aliphatic carbocycles. The van der Waals surface area contributed by atoms with E-state index < -0.39 is 11.9 Å². The van der Waals surface area contributed by atoms with Gasteiger partial charge in [0, 0.05) is 19.0 Å². The molecule has 3 N–H and O–H groups in total. The second kappa shape index (κ2) is 5.31. The molecule has 0 unspecified atom stereocenters. The van der Waals surface area contributed by atoms with Gasteiger partial charge in [0.2, 0.25) is 11.8 Å². The number of piperidine rings is 1. The first-order valence-corrected chi connectivity index (χ1v) is 7.80. The molecule has 2 amide bonds. The topological polar surface area (TPSA) is 101 Å². The van der Waals surface area contributed by atoms with Gasteiger partial charge >= 0.3 is 5.97 Å². The number of nitrogens with zero attached hydrogens (tertiary/aromatic N) is 1. The van der Waals surface area contributed by atoms with Gasteiger partial charge in [-0.2, -0.15) is 0 Å². The van der Waals surface area contributed by atoms with E-state index in [4.69, 9.17) is 5.73 Å². The van der Waals surface area contributed by atoms with Crippen molar-refractivity contribution in [3.63, 3.8) is 0 Å². The molecule has 0 aromatic heterocycles. The van der Waals surface area contributed by atoms with E-state index in [1.165, 1.54) is 0 Å². The van der Waals surface area contributed by atoms with Crippen LogP contribution in [0.4, 0.5) is 0 Å². The predicted octanol–water partition coefficient (Wildman–Crippen LogP) is 0.457. The highest BCUT2D eigenvalue weighted by Gasteiger charge is 2.54.